The number of aryl methyl sites for hydroxylation is 10. The van der Waals surface area contributed by atoms with E-state index in [9.17, 15) is 0 Å². The Kier molecular flexibility index (Phi) is 27.4. The Morgan fingerprint density at radius 2 is 0.618 bits per heavy atom. The maximum atomic E-state index is 4.81. The molecule has 0 saturated heterocycles. The molecule has 21 heteroatoms. The Hall–Kier alpha value is -14.5. The molecule has 3 aliphatic rings. The van der Waals surface area contributed by atoms with Crippen LogP contribution in [0.15, 0.2) is 311 Å². The van der Waals surface area contributed by atoms with Gasteiger partial charge in [-0.25, -0.2) is 29.9 Å². The fourth-order valence-corrected chi connectivity index (χ4v) is 18.5. The number of aromatic nitrogens is 12. The predicted molar refractivity (Wildman–Crippen MR) is 543 cm³/mol. The second-order valence-corrected chi connectivity index (χ2v) is 33.9. The first kappa shape index (κ1) is 93.3. The van der Waals surface area contributed by atoms with Gasteiger partial charge >= 0.3 is 60.3 Å². The number of benzene rings is 13. The zero-order valence-electron chi connectivity index (χ0n) is 77.2. The molecule has 12 heterocycles. The number of pyridine rings is 3. The molecule has 0 unspecified atom stereocenters. The Labute approximate surface area is 832 Å². The molecule has 0 fully saturated rings. The summed E-state index contributed by atoms with van der Waals surface area (Å²) in [4.78, 5) is 52.5. The Morgan fingerprint density at radius 1 is 0.272 bits per heavy atom. The number of para-hydroxylation sites is 3. The van der Waals surface area contributed by atoms with Gasteiger partial charge in [0.2, 0.25) is 0 Å². The summed E-state index contributed by atoms with van der Waals surface area (Å²) in [6.07, 6.45) is 14.6. The molecule has 13 aromatic carbocycles. The molecule has 0 bridgehead atoms. The molecule has 0 aliphatic carbocycles. The summed E-state index contributed by atoms with van der Waals surface area (Å²) < 4.78 is 6.88. The van der Waals surface area contributed by atoms with Crippen LogP contribution in [0.25, 0.3) is 127 Å². The largest absolute Gasteiger partial charge is 3.00 e. The van der Waals surface area contributed by atoms with E-state index in [2.05, 4.69) is 301 Å². The Bertz CT molecular complexity index is 7540. The summed E-state index contributed by atoms with van der Waals surface area (Å²) in [6, 6.07) is 109. The molecule has 0 N–H and O–H groups in total. The average molecular weight is 2300 g/mol. The first-order chi connectivity index (χ1) is 64.9. The van der Waals surface area contributed by atoms with Gasteiger partial charge in [-0.05, 0) is 164 Å². The van der Waals surface area contributed by atoms with Gasteiger partial charge in [0, 0.05) is 57.4 Å². The van der Waals surface area contributed by atoms with Gasteiger partial charge in [-0.3, -0.25) is 15.0 Å². The van der Waals surface area contributed by atoms with Crippen molar-refractivity contribution in [3.05, 3.63) is 423 Å². The van der Waals surface area contributed by atoms with Crippen molar-refractivity contribution in [1.29, 1.82) is 0 Å². The topological polar surface area (TPSA) is 149 Å². The molecular formula is C115H93Ir3N18. The van der Waals surface area contributed by atoms with Crippen LogP contribution >= 0.6 is 0 Å². The number of rotatable bonds is 7. The van der Waals surface area contributed by atoms with E-state index in [4.69, 9.17) is 19.9 Å². The molecule has 3 aliphatic heterocycles. The van der Waals surface area contributed by atoms with Crippen molar-refractivity contribution >= 4 is 134 Å². The maximum Gasteiger partial charge on any atom is 3.00 e. The van der Waals surface area contributed by atoms with E-state index in [-0.39, 0.29) is 60.3 Å². The summed E-state index contributed by atoms with van der Waals surface area (Å²) in [5.74, 6) is 3.42. The standard InChI is InChI=1S/3C24H19N2.C19H16N4.2C12H10N4.3Ir/c3*1-15-11-12-21-20(13-15)18-9-4-5-10-19(18)24-25-14-22(26(21)24)23-16(2)7-6-8-17(23)3;1-14-8-6-7-11-16(14)18-20-12-17-19(21-18)23(13-22(17)2)15-9-4-3-5-10-15;1-15-9-16(10-5-3-2-4-6-10)11-7-13-8-14-12(11)15;1-15-9-16(10-5-3-2-4-6-10)12-11(15)7-13-8-14-12;;;/h3*4-9,11-14H,1-3H3;3-9,11-13H,1-2H3;2*2-5,7-9H,1H3;;;/q3*-1;3*-2;3*+3. The normalized spacial score (nSPS) is 12.2. The molecule has 0 spiro atoms. The first-order valence-electron chi connectivity index (χ1n) is 44.3. The minimum Gasteiger partial charge on any atom is -0.501 e. The van der Waals surface area contributed by atoms with Gasteiger partial charge in [0.25, 0.3) is 0 Å². The summed E-state index contributed by atoms with van der Waals surface area (Å²) >= 11 is 0. The quantitative estimate of drug-likeness (QED) is 0.110. The number of nitrogens with zero attached hydrogens (tertiary/aromatic N) is 18. The third kappa shape index (κ3) is 17.6. The van der Waals surface area contributed by atoms with Crippen LogP contribution in [-0.2, 0) is 60.3 Å². The number of imidazole rings is 3. The Morgan fingerprint density at radius 3 is 1.01 bits per heavy atom. The zero-order valence-corrected chi connectivity index (χ0v) is 84.4. The summed E-state index contributed by atoms with van der Waals surface area (Å²) in [7, 11) is 5.94. The van der Waals surface area contributed by atoms with Gasteiger partial charge in [0.05, 0.1) is 69.7 Å². The number of anilines is 9. The van der Waals surface area contributed by atoms with Gasteiger partial charge in [-0.2, -0.15) is 111 Å². The average Bonchev–Trinajstić information content (AvgIpc) is 1.54. The van der Waals surface area contributed by atoms with Crippen molar-refractivity contribution < 1.29 is 60.3 Å². The van der Waals surface area contributed by atoms with E-state index in [1.807, 2.05) is 211 Å². The van der Waals surface area contributed by atoms with E-state index in [1.165, 1.54) is 121 Å². The maximum absolute atomic E-state index is 4.81. The molecular weight excluding hydrogens is 2210 g/mol. The van der Waals surface area contributed by atoms with Gasteiger partial charge in [-0.15, -0.1) is 106 Å². The van der Waals surface area contributed by atoms with Crippen molar-refractivity contribution in [2.24, 2.45) is 0 Å². The SMILES string of the molecule is CN1[CH-]N(c2[c-]cccc2)c2cncnc21.CN1[CH-]N(c2[c-]cccc2)c2ncncc21.Cc1ccc2c(c1)c1ccc[c-]c1c1ncc(-c3c(C)cccc3C)n21.Cc1ccc2c(c1)c1ccc[c-]c1c1ncc(-c3c(C)cccc3C)n21.Cc1ccc2c(c1)c1ccc[c-]c1c1ncc(-c3c(C)cccc3C)n21.Cc1ccccc1-c1ncc2c(n1)N(c1[c-]cccc1)[CH-]N2C.[Ir+3].[Ir+3].[Ir+3]. The van der Waals surface area contributed by atoms with Gasteiger partial charge in [0.15, 0.2) is 5.82 Å². The van der Waals surface area contributed by atoms with E-state index in [0.29, 0.717) is 0 Å². The number of hydrogen-bond donors (Lipinski definition) is 0. The van der Waals surface area contributed by atoms with Gasteiger partial charge < -0.3 is 42.6 Å². The third-order valence-electron chi connectivity index (χ3n) is 24.8. The minimum absolute atomic E-state index is 0. The molecule has 0 atom stereocenters. The van der Waals surface area contributed by atoms with E-state index in [0.717, 1.165) is 113 Å². The van der Waals surface area contributed by atoms with E-state index in [1.54, 1.807) is 12.7 Å². The number of hydrogen-bond acceptors (Lipinski definition) is 15. The van der Waals surface area contributed by atoms with Crippen molar-refractivity contribution in [2.75, 3.05) is 50.5 Å². The molecule has 0 amide bonds. The molecule has 136 heavy (non-hydrogen) atoms. The van der Waals surface area contributed by atoms with E-state index < -0.39 is 0 Å². The van der Waals surface area contributed by atoms with Crippen molar-refractivity contribution in [3.8, 4) is 45.2 Å². The van der Waals surface area contributed by atoms with E-state index >= 15 is 0 Å². The van der Waals surface area contributed by atoms with Crippen LogP contribution in [0.1, 0.15) is 55.6 Å². The number of fused-ring (bicyclic) bond motifs is 21. The molecule has 18 nitrogen and oxygen atoms in total. The summed E-state index contributed by atoms with van der Waals surface area (Å²) in [6.45, 7) is 27.5. The second kappa shape index (κ2) is 40.0. The molecule has 25 rings (SSSR count). The predicted octanol–water partition coefficient (Wildman–Crippen LogP) is 26.0. The fraction of sp³-hybridized carbons (Fsp3) is 0.113. The first-order valence-corrected chi connectivity index (χ1v) is 44.3. The monoisotopic (exact) mass is 2300 g/mol. The fourth-order valence-electron chi connectivity index (χ4n) is 18.5. The van der Waals surface area contributed by atoms with Crippen LogP contribution in [0.5, 0.6) is 0 Å². The minimum atomic E-state index is 0. The molecule has 0 radical (unpaired) electrons. The summed E-state index contributed by atoms with van der Waals surface area (Å²) in [5, 5.41) is 10.6. The van der Waals surface area contributed by atoms with Crippen molar-refractivity contribution in [3.63, 3.8) is 0 Å². The van der Waals surface area contributed by atoms with Crippen LogP contribution in [0, 0.1) is 126 Å². The van der Waals surface area contributed by atoms with Crippen LogP contribution in [0.2, 0.25) is 0 Å². The zero-order chi connectivity index (χ0) is 91.2. The van der Waals surface area contributed by atoms with Gasteiger partial charge in [-0.1, -0.05) is 148 Å². The Balaban J connectivity index is 0.000000114. The smallest absolute Gasteiger partial charge is 0.501 e. The van der Waals surface area contributed by atoms with Crippen LogP contribution in [0.4, 0.5) is 51.6 Å². The molecule has 22 aromatic rings. The van der Waals surface area contributed by atoms with Crippen molar-refractivity contribution in [1.82, 2.24) is 58.1 Å². The van der Waals surface area contributed by atoms with Crippen LogP contribution in [-0.4, -0.2) is 79.2 Å². The molecule has 670 valence electrons. The van der Waals surface area contributed by atoms with Crippen LogP contribution < -0.4 is 29.4 Å². The molecule has 0 saturated carbocycles. The van der Waals surface area contributed by atoms with Crippen LogP contribution in [0.3, 0.4) is 0 Å². The van der Waals surface area contributed by atoms with Crippen molar-refractivity contribution in [2.45, 2.75) is 69.2 Å². The third-order valence-corrected chi connectivity index (χ3v) is 24.8. The van der Waals surface area contributed by atoms with Gasteiger partial charge in [0.1, 0.15) is 30.1 Å². The second-order valence-electron chi connectivity index (χ2n) is 33.9. The molecule has 9 aromatic heterocycles. The summed E-state index contributed by atoms with van der Waals surface area (Å²) in [5.41, 5.74) is 33.2.